The first-order chi connectivity index (χ1) is 10.5. The van der Waals surface area contributed by atoms with Crippen molar-refractivity contribution >= 4 is 34.5 Å². The molecule has 2 aliphatic heterocycles. The third kappa shape index (κ3) is 2.70. The maximum Gasteiger partial charge on any atom is 0.321 e. The van der Waals surface area contributed by atoms with Crippen LogP contribution in [-0.2, 0) is 4.79 Å². The minimum atomic E-state index is -0.834. The summed E-state index contributed by atoms with van der Waals surface area (Å²) in [4.78, 5) is 17.5. The molecule has 1 fully saturated rings. The van der Waals surface area contributed by atoms with E-state index in [1.54, 1.807) is 18.8 Å². The van der Waals surface area contributed by atoms with E-state index in [0.717, 1.165) is 0 Å². The van der Waals surface area contributed by atoms with E-state index in [1.165, 1.54) is 30.0 Å². The first kappa shape index (κ1) is 15.6. The fourth-order valence-corrected chi connectivity index (χ4v) is 5.41. The minimum absolute atomic E-state index is 0.0417. The molecule has 3 atom stereocenters. The SMILES string of the molecule is CN1[C@@H](C(=O)O)CS[C@H]1[C@H]1CSC(c2c(O)cccc2F)=N1. The second kappa shape index (κ2) is 6.10. The van der Waals surface area contributed by atoms with Crippen LogP contribution in [0.25, 0.3) is 0 Å². The molecular formula is C14H15FN2O3S2. The highest BCUT2D eigenvalue weighted by Crippen LogP contribution is 2.38. The molecule has 1 saturated heterocycles. The average molecular weight is 342 g/mol. The number of halogens is 1. The summed E-state index contributed by atoms with van der Waals surface area (Å²) < 4.78 is 13.9. The molecule has 1 aromatic rings. The van der Waals surface area contributed by atoms with Crippen molar-refractivity contribution in [3.8, 4) is 5.75 Å². The van der Waals surface area contributed by atoms with Crippen molar-refractivity contribution in [2.24, 2.45) is 4.99 Å². The van der Waals surface area contributed by atoms with E-state index in [1.807, 2.05) is 4.90 Å². The Morgan fingerprint density at radius 1 is 1.45 bits per heavy atom. The summed E-state index contributed by atoms with van der Waals surface area (Å²) in [5, 5.41) is 19.4. The number of thioether (sulfide) groups is 2. The molecule has 0 radical (unpaired) electrons. The van der Waals surface area contributed by atoms with Crippen LogP contribution in [0.15, 0.2) is 23.2 Å². The zero-order valence-electron chi connectivity index (χ0n) is 11.8. The molecule has 0 spiro atoms. The fourth-order valence-electron chi connectivity index (χ4n) is 2.63. The van der Waals surface area contributed by atoms with E-state index in [9.17, 15) is 14.3 Å². The number of carboxylic acid groups (broad SMARTS) is 1. The van der Waals surface area contributed by atoms with E-state index >= 15 is 0 Å². The standard InChI is InChI=1S/C14H15FN2O3S2/c1-17-9(14(19)20)6-22-13(17)8-5-21-12(16-8)11-7(15)3-2-4-10(11)18/h2-4,8-9,13,18H,5-6H2,1H3,(H,19,20)/t8-,9-,13+/m1/s1. The van der Waals surface area contributed by atoms with Crippen LogP contribution in [0.2, 0.25) is 0 Å². The van der Waals surface area contributed by atoms with Gasteiger partial charge in [-0.3, -0.25) is 14.7 Å². The molecule has 8 heteroatoms. The van der Waals surface area contributed by atoms with E-state index in [2.05, 4.69) is 4.99 Å². The van der Waals surface area contributed by atoms with Crippen LogP contribution in [0.5, 0.6) is 5.75 Å². The monoisotopic (exact) mass is 342 g/mol. The number of likely N-dealkylation sites (N-methyl/N-ethyl adjacent to an activating group) is 1. The summed E-state index contributed by atoms with van der Waals surface area (Å²) in [6, 6.07) is 3.55. The Morgan fingerprint density at radius 3 is 2.86 bits per heavy atom. The maximum absolute atomic E-state index is 13.9. The number of phenols is 1. The highest BCUT2D eigenvalue weighted by atomic mass is 32.2. The van der Waals surface area contributed by atoms with Crippen LogP contribution in [0.4, 0.5) is 4.39 Å². The molecule has 118 valence electrons. The van der Waals surface area contributed by atoms with Crippen molar-refractivity contribution in [2.75, 3.05) is 18.6 Å². The Kier molecular flexibility index (Phi) is 4.33. The van der Waals surface area contributed by atoms with Gasteiger partial charge in [-0.1, -0.05) is 6.07 Å². The molecule has 0 aromatic heterocycles. The molecule has 0 saturated carbocycles. The lowest BCUT2D eigenvalue weighted by Gasteiger charge is -2.24. The van der Waals surface area contributed by atoms with Gasteiger partial charge in [0.15, 0.2) is 0 Å². The van der Waals surface area contributed by atoms with Gasteiger partial charge in [0, 0.05) is 11.5 Å². The number of aliphatic carboxylic acids is 1. The number of hydrogen-bond donors (Lipinski definition) is 2. The van der Waals surface area contributed by atoms with Crippen LogP contribution in [0.3, 0.4) is 0 Å². The molecular weight excluding hydrogens is 327 g/mol. The topological polar surface area (TPSA) is 73.1 Å². The summed E-state index contributed by atoms with van der Waals surface area (Å²) in [5.74, 6) is -0.283. The van der Waals surface area contributed by atoms with Crippen molar-refractivity contribution in [1.82, 2.24) is 4.90 Å². The first-order valence-corrected chi connectivity index (χ1v) is 8.77. The second-order valence-corrected chi connectivity index (χ2v) is 7.35. The zero-order valence-corrected chi connectivity index (χ0v) is 13.4. The highest BCUT2D eigenvalue weighted by Gasteiger charge is 2.41. The minimum Gasteiger partial charge on any atom is -0.507 e. The molecule has 0 unspecified atom stereocenters. The first-order valence-electron chi connectivity index (χ1n) is 6.74. The van der Waals surface area contributed by atoms with Crippen LogP contribution in [0.1, 0.15) is 5.56 Å². The number of phenolic OH excluding ortho intramolecular Hbond substituents is 1. The lowest BCUT2D eigenvalue weighted by molar-refractivity contribution is -0.141. The number of hydrogen-bond acceptors (Lipinski definition) is 6. The molecule has 5 nitrogen and oxygen atoms in total. The number of carbonyl (C=O) groups is 1. The zero-order chi connectivity index (χ0) is 15.9. The number of rotatable bonds is 3. The molecule has 3 rings (SSSR count). The quantitative estimate of drug-likeness (QED) is 0.873. The summed E-state index contributed by atoms with van der Waals surface area (Å²) >= 11 is 2.95. The smallest absolute Gasteiger partial charge is 0.321 e. The van der Waals surface area contributed by atoms with E-state index < -0.39 is 17.8 Å². The summed E-state index contributed by atoms with van der Waals surface area (Å²) in [6.07, 6.45) is 0. The Balaban J connectivity index is 1.82. The molecule has 0 aliphatic carbocycles. The molecule has 2 heterocycles. The number of aromatic hydroxyl groups is 1. The van der Waals surface area contributed by atoms with Crippen LogP contribution < -0.4 is 0 Å². The van der Waals surface area contributed by atoms with Crippen molar-refractivity contribution in [3.05, 3.63) is 29.6 Å². The molecule has 0 amide bonds. The average Bonchev–Trinajstić information content (AvgIpc) is 3.05. The molecule has 22 heavy (non-hydrogen) atoms. The van der Waals surface area contributed by atoms with Gasteiger partial charge in [0.2, 0.25) is 0 Å². The van der Waals surface area contributed by atoms with Crippen LogP contribution in [-0.4, -0.2) is 62.1 Å². The Bertz CT molecular complexity index is 620. The van der Waals surface area contributed by atoms with Gasteiger partial charge in [0.1, 0.15) is 22.7 Å². The molecule has 2 aliphatic rings. The van der Waals surface area contributed by atoms with Crippen molar-refractivity contribution in [2.45, 2.75) is 17.5 Å². The number of nitrogens with zero attached hydrogens (tertiary/aromatic N) is 2. The fraction of sp³-hybridized carbons (Fsp3) is 0.429. The van der Waals surface area contributed by atoms with Crippen LogP contribution in [0, 0.1) is 5.82 Å². The van der Waals surface area contributed by atoms with Gasteiger partial charge in [-0.15, -0.1) is 23.5 Å². The highest BCUT2D eigenvalue weighted by molar-refractivity contribution is 8.14. The number of aliphatic imine (C=N–C) groups is 1. The van der Waals surface area contributed by atoms with Gasteiger partial charge < -0.3 is 10.2 Å². The van der Waals surface area contributed by atoms with Crippen LogP contribution >= 0.6 is 23.5 Å². The largest absolute Gasteiger partial charge is 0.507 e. The lowest BCUT2D eigenvalue weighted by atomic mass is 10.2. The molecule has 2 N–H and O–H groups in total. The van der Waals surface area contributed by atoms with Crippen molar-refractivity contribution < 1.29 is 19.4 Å². The Morgan fingerprint density at radius 2 is 2.23 bits per heavy atom. The van der Waals surface area contributed by atoms with E-state index in [4.69, 9.17) is 5.11 Å². The van der Waals surface area contributed by atoms with Gasteiger partial charge in [0.25, 0.3) is 0 Å². The predicted octanol–water partition coefficient (Wildman–Crippen LogP) is 1.85. The van der Waals surface area contributed by atoms with Gasteiger partial charge in [-0.25, -0.2) is 4.39 Å². The third-order valence-electron chi connectivity index (χ3n) is 3.81. The number of benzene rings is 1. The Labute approximate surface area is 135 Å². The third-order valence-corrected chi connectivity index (χ3v) is 6.40. The van der Waals surface area contributed by atoms with E-state index in [-0.39, 0.29) is 22.7 Å². The predicted molar refractivity (Wildman–Crippen MR) is 86.3 cm³/mol. The summed E-state index contributed by atoms with van der Waals surface area (Å²) in [5.41, 5.74) is 0.135. The maximum atomic E-state index is 13.9. The lowest BCUT2D eigenvalue weighted by Crippen LogP contribution is -2.42. The summed E-state index contributed by atoms with van der Waals surface area (Å²) in [7, 11) is 1.78. The number of carboxylic acids is 1. The van der Waals surface area contributed by atoms with Gasteiger partial charge in [-0.05, 0) is 19.2 Å². The summed E-state index contributed by atoms with van der Waals surface area (Å²) in [6.45, 7) is 0. The molecule has 0 bridgehead atoms. The Hall–Kier alpha value is -1.25. The second-order valence-electron chi connectivity index (χ2n) is 5.19. The van der Waals surface area contributed by atoms with Crippen molar-refractivity contribution in [1.29, 1.82) is 0 Å². The van der Waals surface area contributed by atoms with E-state index in [0.29, 0.717) is 16.5 Å². The van der Waals surface area contributed by atoms with Gasteiger partial charge >= 0.3 is 5.97 Å². The normalized spacial score (nSPS) is 28.8. The van der Waals surface area contributed by atoms with Crippen molar-refractivity contribution in [3.63, 3.8) is 0 Å². The van der Waals surface area contributed by atoms with Gasteiger partial charge in [-0.2, -0.15) is 0 Å². The van der Waals surface area contributed by atoms with Gasteiger partial charge in [0.05, 0.1) is 17.0 Å². The molecule has 1 aromatic carbocycles.